The maximum atomic E-state index is 11.9. The highest BCUT2D eigenvalue weighted by molar-refractivity contribution is 9.10. The zero-order chi connectivity index (χ0) is 14.0. The molecule has 0 spiro atoms. The molecule has 2 rings (SSSR count). The molecule has 19 heavy (non-hydrogen) atoms. The van der Waals surface area contributed by atoms with Crippen molar-refractivity contribution in [1.82, 2.24) is 19.7 Å². The van der Waals surface area contributed by atoms with Gasteiger partial charge >= 0.3 is 0 Å². The number of amides is 1. The van der Waals surface area contributed by atoms with Crippen LogP contribution in [0.2, 0.25) is 0 Å². The van der Waals surface area contributed by atoms with E-state index in [1.165, 1.54) is 0 Å². The number of imidazole rings is 1. The van der Waals surface area contributed by atoms with Crippen molar-refractivity contribution in [3.63, 3.8) is 0 Å². The third-order valence-corrected chi connectivity index (χ3v) is 2.90. The van der Waals surface area contributed by atoms with E-state index in [2.05, 4.69) is 36.5 Å². The molecule has 0 saturated heterocycles. The summed E-state index contributed by atoms with van der Waals surface area (Å²) in [5, 5.41) is 5.93. The number of carbonyl (C=O) groups excluding carboxylic acids is 1. The molecule has 7 heteroatoms. The first-order chi connectivity index (χ1) is 8.97. The standard InChI is InChI=1S/C12H16BrN5O/c1-7(2)15-12(19)8(3)16-10-11-14-4-5-18(11)6-9(13)17-10/h4-8H,1-3H3,(H,15,19)(H,16,17). The minimum Gasteiger partial charge on any atom is -0.356 e. The minimum atomic E-state index is -0.385. The van der Waals surface area contributed by atoms with Gasteiger partial charge < -0.3 is 15.0 Å². The molecule has 2 aromatic rings. The molecule has 0 aliphatic heterocycles. The van der Waals surface area contributed by atoms with Crippen LogP contribution in [0.1, 0.15) is 20.8 Å². The number of hydrogen-bond donors (Lipinski definition) is 2. The molecule has 2 aromatic heterocycles. The number of nitrogens with one attached hydrogen (secondary N) is 2. The topological polar surface area (TPSA) is 71.3 Å². The molecule has 0 aromatic carbocycles. The van der Waals surface area contributed by atoms with Crippen LogP contribution in [0, 0.1) is 0 Å². The summed E-state index contributed by atoms with van der Waals surface area (Å²) in [6.07, 6.45) is 5.33. The Morgan fingerprint density at radius 3 is 2.84 bits per heavy atom. The Morgan fingerprint density at radius 2 is 2.16 bits per heavy atom. The maximum absolute atomic E-state index is 11.9. The van der Waals surface area contributed by atoms with E-state index in [0.717, 1.165) is 0 Å². The molecule has 2 N–H and O–H groups in total. The Morgan fingerprint density at radius 1 is 1.42 bits per heavy atom. The van der Waals surface area contributed by atoms with Crippen molar-refractivity contribution in [1.29, 1.82) is 0 Å². The summed E-state index contributed by atoms with van der Waals surface area (Å²) in [6, 6.07) is -0.275. The van der Waals surface area contributed by atoms with E-state index in [4.69, 9.17) is 0 Å². The number of carbonyl (C=O) groups is 1. The average molecular weight is 326 g/mol. The van der Waals surface area contributed by atoms with Gasteiger partial charge in [0.25, 0.3) is 0 Å². The SMILES string of the molecule is CC(C)NC(=O)C(C)Nc1nc(Br)cn2ccnc12. The fourth-order valence-corrected chi connectivity index (χ4v) is 2.08. The number of nitrogens with zero attached hydrogens (tertiary/aromatic N) is 3. The van der Waals surface area contributed by atoms with Gasteiger partial charge in [0.1, 0.15) is 10.6 Å². The lowest BCUT2D eigenvalue weighted by Crippen LogP contribution is -2.41. The molecular formula is C12H16BrN5O. The maximum Gasteiger partial charge on any atom is 0.242 e. The summed E-state index contributed by atoms with van der Waals surface area (Å²) in [5.74, 6) is 0.507. The van der Waals surface area contributed by atoms with Gasteiger partial charge in [-0.05, 0) is 36.7 Å². The van der Waals surface area contributed by atoms with Crippen LogP contribution in [0.25, 0.3) is 5.65 Å². The first-order valence-electron chi connectivity index (χ1n) is 6.03. The highest BCUT2D eigenvalue weighted by atomic mass is 79.9. The summed E-state index contributed by atoms with van der Waals surface area (Å²) in [7, 11) is 0. The van der Waals surface area contributed by atoms with Gasteiger partial charge in [0.15, 0.2) is 11.5 Å². The van der Waals surface area contributed by atoms with Crippen LogP contribution < -0.4 is 10.6 Å². The predicted molar refractivity (Wildman–Crippen MR) is 77.1 cm³/mol. The van der Waals surface area contributed by atoms with Gasteiger partial charge in [0.05, 0.1) is 0 Å². The van der Waals surface area contributed by atoms with Crippen LogP contribution in [-0.4, -0.2) is 32.4 Å². The van der Waals surface area contributed by atoms with E-state index in [9.17, 15) is 4.79 Å². The number of halogens is 1. The van der Waals surface area contributed by atoms with Crippen LogP contribution in [0.4, 0.5) is 5.82 Å². The molecule has 1 unspecified atom stereocenters. The minimum absolute atomic E-state index is 0.0681. The third kappa shape index (κ3) is 3.23. The van der Waals surface area contributed by atoms with Crippen molar-refractivity contribution >= 4 is 33.3 Å². The predicted octanol–water partition coefficient (Wildman–Crippen LogP) is 1.82. The van der Waals surface area contributed by atoms with Crippen LogP contribution in [0.15, 0.2) is 23.2 Å². The summed E-state index contributed by atoms with van der Waals surface area (Å²) in [4.78, 5) is 20.4. The normalized spacial score (nSPS) is 12.7. The number of anilines is 1. The van der Waals surface area contributed by atoms with E-state index >= 15 is 0 Å². The third-order valence-electron chi connectivity index (χ3n) is 2.52. The molecule has 6 nitrogen and oxygen atoms in total. The summed E-state index contributed by atoms with van der Waals surface area (Å²) in [5.41, 5.74) is 0.687. The number of aromatic nitrogens is 3. The van der Waals surface area contributed by atoms with E-state index in [-0.39, 0.29) is 18.0 Å². The van der Waals surface area contributed by atoms with Crippen LogP contribution >= 0.6 is 15.9 Å². The molecule has 1 amide bonds. The molecule has 0 fully saturated rings. The lowest BCUT2D eigenvalue weighted by molar-refractivity contribution is -0.122. The van der Waals surface area contributed by atoms with E-state index < -0.39 is 0 Å². The zero-order valence-electron chi connectivity index (χ0n) is 11.0. The van der Waals surface area contributed by atoms with Gasteiger partial charge in [0.2, 0.25) is 5.91 Å². The Hall–Kier alpha value is -1.63. The summed E-state index contributed by atoms with van der Waals surface area (Å²) >= 11 is 3.33. The molecule has 0 radical (unpaired) electrons. The molecule has 0 aliphatic rings. The number of hydrogen-bond acceptors (Lipinski definition) is 4. The van der Waals surface area contributed by atoms with Crippen LogP contribution in [0.3, 0.4) is 0 Å². The quantitative estimate of drug-likeness (QED) is 0.899. The van der Waals surface area contributed by atoms with Crippen molar-refractivity contribution in [2.45, 2.75) is 32.9 Å². The first kappa shape index (κ1) is 13.8. The highest BCUT2D eigenvalue weighted by Crippen LogP contribution is 2.17. The molecule has 0 bridgehead atoms. The molecular weight excluding hydrogens is 310 g/mol. The van der Waals surface area contributed by atoms with Gasteiger partial charge in [-0.25, -0.2) is 9.97 Å². The highest BCUT2D eigenvalue weighted by Gasteiger charge is 2.16. The molecule has 2 heterocycles. The van der Waals surface area contributed by atoms with E-state index in [1.54, 1.807) is 13.1 Å². The monoisotopic (exact) mass is 325 g/mol. The van der Waals surface area contributed by atoms with E-state index in [0.29, 0.717) is 16.1 Å². The second kappa shape index (κ2) is 5.56. The van der Waals surface area contributed by atoms with Crippen LogP contribution in [-0.2, 0) is 4.79 Å². The smallest absolute Gasteiger partial charge is 0.242 e. The Kier molecular flexibility index (Phi) is 4.04. The molecule has 0 aliphatic carbocycles. The van der Waals surface area contributed by atoms with Crippen molar-refractivity contribution in [3.05, 3.63) is 23.2 Å². The van der Waals surface area contributed by atoms with Crippen molar-refractivity contribution in [2.75, 3.05) is 5.32 Å². The lowest BCUT2D eigenvalue weighted by Gasteiger charge is -2.16. The second-order valence-corrected chi connectivity index (χ2v) is 5.41. The van der Waals surface area contributed by atoms with E-state index in [1.807, 2.05) is 30.6 Å². The average Bonchev–Trinajstić information content (AvgIpc) is 2.75. The fraction of sp³-hybridized carbons (Fsp3) is 0.417. The van der Waals surface area contributed by atoms with Crippen molar-refractivity contribution < 1.29 is 4.79 Å². The van der Waals surface area contributed by atoms with Gasteiger partial charge in [-0.2, -0.15) is 0 Å². The summed E-state index contributed by atoms with van der Waals surface area (Å²) < 4.78 is 2.52. The van der Waals surface area contributed by atoms with Gasteiger partial charge in [0, 0.05) is 24.6 Å². The van der Waals surface area contributed by atoms with Gasteiger partial charge in [-0.3, -0.25) is 4.79 Å². The summed E-state index contributed by atoms with van der Waals surface area (Å²) in [6.45, 7) is 5.64. The largest absolute Gasteiger partial charge is 0.356 e. The van der Waals surface area contributed by atoms with Gasteiger partial charge in [-0.1, -0.05) is 0 Å². The Balaban J connectivity index is 2.21. The Labute approximate surface area is 119 Å². The molecule has 102 valence electrons. The zero-order valence-corrected chi connectivity index (χ0v) is 12.6. The van der Waals surface area contributed by atoms with Crippen molar-refractivity contribution in [2.24, 2.45) is 0 Å². The number of fused-ring (bicyclic) bond motifs is 1. The van der Waals surface area contributed by atoms with Crippen LogP contribution in [0.5, 0.6) is 0 Å². The number of rotatable bonds is 4. The first-order valence-corrected chi connectivity index (χ1v) is 6.83. The second-order valence-electron chi connectivity index (χ2n) is 4.60. The lowest BCUT2D eigenvalue weighted by atomic mass is 10.3. The molecule has 0 saturated carbocycles. The fourth-order valence-electron chi connectivity index (χ4n) is 1.68. The van der Waals surface area contributed by atoms with Gasteiger partial charge in [-0.15, -0.1) is 0 Å². The van der Waals surface area contributed by atoms with Crippen molar-refractivity contribution in [3.8, 4) is 0 Å². The Bertz CT molecular complexity index is 595. The molecule has 1 atom stereocenters.